The van der Waals surface area contributed by atoms with Gasteiger partial charge in [-0.2, -0.15) is 16.9 Å². The van der Waals surface area contributed by atoms with Crippen molar-refractivity contribution in [2.45, 2.75) is 76.3 Å². The van der Waals surface area contributed by atoms with Crippen LogP contribution in [0, 0.1) is 0 Å². The number of aryl methyl sites for hydroxylation is 2. The monoisotopic (exact) mass is 380 g/mol. The Kier molecular flexibility index (Phi) is 7.05. The molecule has 2 heterocycles. The van der Waals surface area contributed by atoms with Crippen LogP contribution in [0.5, 0.6) is 0 Å². The highest BCUT2D eigenvalue weighted by atomic mass is 32.2. The van der Waals surface area contributed by atoms with E-state index in [2.05, 4.69) is 28.9 Å². The minimum Gasteiger partial charge on any atom is -0.357 e. The molecule has 2 atom stereocenters. The van der Waals surface area contributed by atoms with Crippen molar-refractivity contribution in [1.29, 1.82) is 0 Å². The molecule has 1 aliphatic heterocycles. The van der Waals surface area contributed by atoms with E-state index in [9.17, 15) is 4.79 Å². The molecule has 146 valence electrons. The highest BCUT2D eigenvalue weighted by Gasteiger charge is 2.24. The lowest BCUT2D eigenvalue weighted by molar-refractivity contribution is 0.509. The Hall–Kier alpha value is -1.44. The topological polar surface area (TPSA) is 76.2 Å². The first-order chi connectivity index (χ1) is 12.7. The Morgan fingerprint density at radius 3 is 3.00 bits per heavy atom. The summed E-state index contributed by atoms with van der Waals surface area (Å²) < 4.78 is 3.46. The van der Waals surface area contributed by atoms with E-state index in [0.29, 0.717) is 19.1 Å². The summed E-state index contributed by atoms with van der Waals surface area (Å²) in [6.07, 6.45) is 9.87. The van der Waals surface area contributed by atoms with Gasteiger partial charge in [0.2, 0.25) is 0 Å². The lowest BCUT2D eigenvalue weighted by atomic mass is 10.2. The van der Waals surface area contributed by atoms with Crippen LogP contribution in [-0.4, -0.2) is 50.9 Å². The molecule has 2 N–H and O–H groups in total. The van der Waals surface area contributed by atoms with Crippen LogP contribution in [0.1, 0.15) is 51.3 Å². The van der Waals surface area contributed by atoms with Gasteiger partial charge < -0.3 is 10.6 Å². The van der Waals surface area contributed by atoms with Crippen LogP contribution >= 0.6 is 11.8 Å². The highest BCUT2D eigenvalue weighted by Crippen LogP contribution is 2.27. The van der Waals surface area contributed by atoms with Gasteiger partial charge in [-0.3, -0.25) is 9.56 Å². The van der Waals surface area contributed by atoms with E-state index in [1.807, 2.05) is 16.3 Å². The fourth-order valence-corrected chi connectivity index (χ4v) is 4.60. The van der Waals surface area contributed by atoms with E-state index >= 15 is 0 Å². The van der Waals surface area contributed by atoms with E-state index in [0.717, 1.165) is 55.8 Å². The molecule has 1 aliphatic carbocycles. The molecule has 2 aliphatic rings. The average molecular weight is 381 g/mol. The van der Waals surface area contributed by atoms with Gasteiger partial charge in [-0.15, -0.1) is 0 Å². The molecule has 2 unspecified atom stereocenters. The second-order valence-electron chi connectivity index (χ2n) is 7.16. The molecule has 8 heteroatoms. The van der Waals surface area contributed by atoms with Crippen LogP contribution in [-0.2, 0) is 19.5 Å². The second-order valence-corrected chi connectivity index (χ2v) is 8.29. The summed E-state index contributed by atoms with van der Waals surface area (Å²) in [5.74, 6) is 1.85. The van der Waals surface area contributed by atoms with Crippen LogP contribution in [0.15, 0.2) is 9.79 Å². The van der Waals surface area contributed by atoms with Crippen molar-refractivity contribution in [3.8, 4) is 0 Å². The Balaban J connectivity index is 1.49. The molecule has 0 saturated heterocycles. The highest BCUT2D eigenvalue weighted by molar-refractivity contribution is 7.99. The summed E-state index contributed by atoms with van der Waals surface area (Å²) in [6, 6.07) is 0.521. The van der Waals surface area contributed by atoms with Crippen molar-refractivity contribution < 1.29 is 0 Å². The summed E-state index contributed by atoms with van der Waals surface area (Å²) in [5, 5.41) is 12.2. The zero-order chi connectivity index (χ0) is 18.4. The zero-order valence-electron chi connectivity index (χ0n) is 16.0. The van der Waals surface area contributed by atoms with Crippen LogP contribution in [0.4, 0.5) is 0 Å². The number of nitrogens with zero attached hydrogens (tertiary/aromatic N) is 4. The number of aromatic nitrogens is 3. The molecule has 1 fully saturated rings. The number of rotatable bonds is 7. The summed E-state index contributed by atoms with van der Waals surface area (Å²) in [6.45, 7) is 5.10. The van der Waals surface area contributed by atoms with Gasteiger partial charge in [0.25, 0.3) is 0 Å². The van der Waals surface area contributed by atoms with Crippen LogP contribution in [0.2, 0.25) is 0 Å². The third kappa shape index (κ3) is 4.84. The van der Waals surface area contributed by atoms with Gasteiger partial charge in [-0.05, 0) is 51.7 Å². The molecule has 0 aromatic carbocycles. The smallest absolute Gasteiger partial charge is 0.345 e. The largest absolute Gasteiger partial charge is 0.357 e. The van der Waals surface area contributed by atoms with E-state index in [1.165, 1.54) is 19.3 Å². The molecule has 0 radical (unpaired) electrons. The number of aliphatic imine (C=N–C) groups is 1. The fraction of sp³-hybridized carbons (Fsp3) is 0.833. The van der Waals surface area contributed by atoms with Crippen LogP contribution < -0.4 is 16.3 Å². The van der Waals surface area contributed by atoms with Gasteiger partial charge >= 0.3 is 5.69 Å². The number of thioether (sulfide) groups is 1. The molecule has 0 spiro atoms. The summed E-state index contributed by atoms with van der Waals surface area (Å²) in [7, 11) is 0. The van der Waals surface area contributed by atoms with E-state index in [4.69, 9.17) is 4.99 Å². The molecule has 0 amide bonds. The number of hydrogen-bond donors (Lipinski definition) is 2. The standard InChI is InChI=1S/C18H32N6OS/c1-3-19-17(21-14-8-9-15(13-14)26-2)20-10-6-12-24-18(25)23-11-5-4-7-16(23)22-24/h14-15H,3-13H2,1-2H3,(H2,19,20,21). The minimum atomic E-state index is 0.0442. The maximum absolute atomic E-state index is 12.3. The number of fused-ring (bicyclic) bond motifs is 1. The first kappa shape index (κ1) is 19.3. The van der Waals surface area contributed by atoms with Crippen molar-refractivity contribution in [2.75, 3.05) is 19.3 Å². The van der Waals surface area contributed by atoms with E-state index < -0.39 is 0 Å². The van der Waals surface area contributed by atoms with Crippen molar-refractivity contribution >= 4 is 17.7 Å². The van der Waals surface area contributed by atoms with Gasteiger partial charge in [-0.25, -0.2) is 9.48 Å². The SMILES string of the molecule is CCNC(=NCCCn1nc2n(c1=O)CCCC2)NC1CCC(SC)C1. The zero-order valence-corrected chi connectivity index (χ0v) is 16.9. The molecule has 1 aromatic rings. The van der Waals surface area contributed by atoms with E-state index in [1.54, 1.807) is 4.68 Å². The van der Waals surface area contributed by atoms with Crippen LogP contribution in [0.25, 0.3) is 0 Å². The summed E-state index contributed by atoms with van der Waals surface area (Å²) >= 11 is 1.97. The van der Waals surface area contributed by atoms with Crippen LogP contribution in [0.3, 0.4) is 0 Å². The average Bonchev–Trinajstić information content (AvgIpc) is 3.23. The Bertz CT molecular complexity index is 667. The maximum atomic E-state index is 12.3. The van der Waals surface area contributed by atoms with Gasteiger partial charge in [0.1, 0.15) is 5.82 Å². The number of guanidine groups is 1. The molecular weight excluding hydrogens is 348 g/mol. The summed E-state index contributed by atoms with van der Waals surface area (Å²) in [5.41, 5.74) is 0.0442. The molecular formula is C18H32N6OS. The first-order valence-electron chi connectivity index (χ1n) is 9.95. The van der Waals surface area contributed by atoms with Crippen molar-refractivity contribution in [1.82, 2.24) is 25.0 Å². The molecule has 1 aromatic heterocycles. The second kappa shape index (κ2) is 9.48. The molecule has 26 heavy (non-hydrogen) atoms. The lowest BCUT2D eigenvalue weighted by Gasteiger charge is -2.17. The third-order valence-corrected chi connectivity index (χ3v) is 6.33. The third-order valence-electron chi connectivity index (χ3n) is 5.23. The van der Waals surface area contributed by atoms with Crippen molar-refractivity contribution in [3.05, 3.63) is 16.3 Å². The number of nitrogens with one attached hydrogen (secondary N) is 2. The quantitative estimate of drug-likeness (QED) is 0.427. The lowest BCUT2D eigenvalue weighted by Crippen LogP contribution is -2.42. The molecule has 1 saturated carbocycles. The van der Waals surface area contributed by atoms with Gasteiger partial charge in [0.15, 0.2) is 5.96 Å². The molecule has 7 nitrogen and oxygen atoms in total. The van der Waals surface area contributed by atoms with Crippen molar-refractivity contribution in [2.24, 2.45) is 4.99 Å². The van der Waals surface area contributed by atoms with Gasteiger partial charge in [0, 0.05) is 43.9 Å². The molecule has 3 rings (SSSR count). The first-order valence-corrected chi connectivity index (χ1v) is 11.2. The predicted octanol–water partition coefficient (Wildman–Crippen LogP) is 1.61. The van der Waals surface area contributed by atoms with Gasteiger partial charge in [-0.1, -0.05) is 0 Å². The Morgan fingerprint density at radius 1 is 1.38 bits per heavy atom. The predicted molar refractivity (Wildman–Crippen MR) is 108 cm³/mol. The minimum absolute atomic E-state index is 0.0442. The van der Waals surface area contributed by atoms with Crippen molar-refractivity contribution in [3.63, 3.8) is 0 Å². The maximum Gasteiger partial charge on any atom is 0.345 e. The normalized spacial score (nSPS) is 23.1. The fourth-order valence-electron chi connectivity index (χ4n) is 3.80. The number of hydrogen-bond acceptors (Lipinski definition) is 4. The van der Waals surface area contributed by atoms with E-state index in [-0.39, 0.29) is 5.69 Å². The Morgan fingerprint density at radius 2 is 2.27 bits per heavy atom. The molecule has 0 bridgehead atoms. The van der Waals surface area contributed by atoms with Gasteiger partial charge in [0.05, 0.1) is 0 Å². The Labute approximate surface area is 160 Å². The summed E-state index contributed by atoms with van der Waals surface area (Å²) in [4.78, 5) is 17.0.